The van der Waals surface area contributed by atoms with Crippen molar-refractivity contribution < 1.29 is 14.6 Å². The Morgan fingerprint density at radius 1 is 1.15 bits per heavy atom. The van der Waals surface area contributed by atoms with Crippen LogP contribution in [-0.4, -0.2) is 23.8 Å². The van der Waals surface area contributed by atoms with Gasteiger partial charge < -0.3 is 9.84 Å². The van der Waals surface area contributed by atoms with Gasteiger partial charge in [0.2, 0.25) is 0 Å². The normalized spacial score (nSPS) is 10.4. The zero-order valence-corrected chi connectivity index (χ0v) is 10.7. The molecule has 2 rings (SSSR count). The Balaban J connectivity index is 1.79. The molecule has 5 heteroatoms. The van der Waals surface area contributed by atoms with Gasteiger partial charge in [0.15, 0.2) is 18.1 Å². The van der Waals surface area contributed by atoms with Gasteiger partial charge in [0, 0.05) is 0 Å². The predicted molar refractivity (Wildman–Crippen MR) is 75.8 cm³/mol. The third-order valence-electron chi connectivity index (χ3n) is 2.43. The molecule has 102 valence electrons. The fourth-order valence-corrected chi connectivity index (χ4v) is 1.47. The number of carbonyl (C=O) groups is 1. The first-order valence-electron chi connectivity index (χ1n) is 6.03. The van der Waals surface area contributed by atoms with Crippen molar-refractivity contribution in [1.29, 1.82) is 0 Å². The Hall–Kier alpha value is -2.82. The van der Waals surface area contributed by atoms with Crippen LogP contribution in [0.4, 0.5) is 0 Å². The molecule has 0 atom stereocenters. The van der Waals surface area contributed by atoms with Gasteiger partial charge in [-0.15, -0.1) is 0 Å². The van der Waals surface area contributed by atoms with Crippen LogP contribution in [0.1, 0.15) is 5.56 Å². The van der Waals surface area contributed by atoms with Crippen LogP contribution in [-0.2, 0) is 4.79 Å². The lowest BCUT2D eigenvalue weighted by Crippen LogP contribution is -2.24. The molecule has 2 N–H and O–H groups in total. The highest BCUT2D eigenvalue weighted by Gasteiger charge is 2.04. The number of hydrogen-bond donors (Lipinski definition) is 2. The number of nitrogens with one attached hydrogen (secondary N) is 1. The van der Waals surface area contributed by atoms with Crippen LogP contribution in [0.3, 0.4) is 0 Å². The SMILES string of the molecule is O=C(COc1ccccc1O)N/N=C\c1ccccc1. The first-order valence-corrected chi connectivity index (χ1v) is 6.03. The van der Waals surface area contributed by atoms with Crippen LogP contribution >= 0.6 is 0 Å². The number of benzene rings is 2. The highest BCUT2D eigenvalue weighted by atomic mass is 16.5. The minimum absolute atomic E-state index is 0.00640. The van der Waals surface area contributed by atoms with Gasteiger partial charge in [-0.2, -0.15) is 5.10 Å². The zero-order chi connectivity index (χ0) is 14.2. The van der Waals surface area contributed by atoms with Crippen LogP contribution < -0.4 is 10.2 Å². The molecule has 0 fully saturated rings. The van der Waals surface area contributed by atoms with Crippen LogP contribution in [0, 0.1) is 0 Å². The quantitative estimate of drug-likeness (QED) is 0.644. The molecule has 0 saturated carbocycles. The topological polar surface area (TPSA) is 70.9 Å². The minimum atomic E-state index is -0.402. The Bertz CT molecular complexity index is 597. The molecule has 0 unspecified atom stereocenters. The van der Waals surface area contributed by atoms with E-state index in [9.17, 15) is 9.90 Å². The summed E-state index contributed by atoms with van der Waals surface area (Å²) in [6, 6.07) is 15.8. The third-order valence-corrected chi connectivity index (χ3v) is 2.43. The van der Waals surface area contributed by atoms with E-state index in [2.05, 4.69) is 10.5 Å². The predicted octanol–water partition coefficient (Wildman–Crippen LogP) is 1.92. The van der Waals surface area contributed by atoms with E-state index < -0.39 is 5.91 Å². The Labute approximate surface area is 116 Å². The summed E-state index contributed by atoms with van der Waals surface area (Å²) in [6.45, 7) is -0.219. The van der Waals surface area contributed by atoms with Gasteiger partial charge >= 0.3 is 0 Å². The number of aromatic hydroxyl groups is 1. The highest BCUT2D eigenvalue weighted by molar-refractivity contribution is 5.82. The van der Waals surface area contributed by atoms with Crippen molar-refractivity contribution in [3.8, 4) is 11.5 Å². The van der Waals surface area contributed by atoms with E-state index in [0.29, 0.717) is 0 Å². The third kappa shape index (κ3) is 4.13. The molecule has 0 aromatic heterocycles. The number of amides is 1. The maximum Gasteiger partial charge on any atom is 0.277 e. The fraction of sp³-hybridized carbons (Fsp3) is 0.0667. The molecule has 0 aliphatic rings. The summed E-state index contributed by atoms with van der Waals surface area (Å²) in [7, 11) is 0. The summed E-state index contributed by atoms with van der Waals surface area (Å²) in [6.07, 6.45) is 1.54. The second-order valence-corrected chi connectivity index (χ2v) is 3.96. The molecule has 5 nitrogen and oxygen atoms in total. The molecule has 0 saturated heterocycles. The average molecular weight is 270 g/mol. The fourth-order valence-electron chi connectivity index (χ4n) is 1.47. The van der Waals surface area contributed by atoms with E-state index in [1.807, 2.05) is 30.3 Å². The summed E-state index contributed by atoms with van der Waals surface area (Å²) in [4.78, 5) is 11.5. The first-order chi connectivity index (χ1) is 9.75. The van der Waals surface area contributed by atoms with Gasteiger partial charge in [-0.3, -0.25) is 4.79 Å². The summed E-state index contributed by atoms with van der Waals surface area (Å²) in [5, 5.41) is 13.3. The lowest BCUT2D eigenvalue weighted by atomic mass is 10.2. The zero-order valence-electron chi connectivity index (χ0n) is 10.7. The number of hydrogen-bond acceptors (Lipinski definition) is 4. The molecule has 2 aromatic rings. The average Bonchev–Trinajstić information content (AvgIpc) is 2.47. The van der Waals surface area contributed by atoms with E-state index in [1.54, 1.807) is 18.2 Å². The van der Waals surface area contributed by atoms with E-state index in [0.717, 1.165) is 5.56 Å². The Morgan fingerprint density at radius 2 is 1.85 bits per heavy atom. The van der Waals surface area contributed by atoms with Crippen molar-refractivity contribution in [2.45, 2.75) is 0 Å². The summed E-state index contributed by atoms with van der Waals surface area (Å²) in [5.74, 6) is -0.150. The molecular weight excluding hydrogens is 256 g/mol. The lowest BCUT2D eigenvalue weighted by molar-refractivity contribution is -0.123. The second-order valence-electron chi connectivity index (χ2n) is 3.96. The molecule has 0 aliphatic heterocycles. The van der Waals surface area contributed by atoms with Crippen molar-refractivity contribution >= 4 is 12.1 Å². The molecule has 2 aromatic carbocycles. The molecule has 1 amide bonds. The van der Waals surface area contributed by atoms with Crippen LogP contribution in [0.25, 0.3) is 0 Å². The van der Waals surface area contributed by atoms with Crippen molar-refractivity contribution in [3.05, 3.63) is 60.2 Å². The van der Waals surface area contributed by atoms with Gasteiger partial charge in [-0.1, -0.05) is 42.5 Å². The van der Waals surface area contributed by atoms with Gasteiger partial charge in [0.1, 0.15) is 0 Å². The van der Waals surface area contributed by atoms with E-state index in [1.165, 1.54) is 12.3 Å². The lowest BCUT2D eigenvalue weighted by Gasteiger charge is -2.06. The number of hydrazone groups is 1. The Kier molecular flexibility index (Phi) is 4.72. The van der Waals surface area contributed by atoms with Gasteiger partial charge in [-0.25, -0.2) is 5.43 Å². The summed E-state index contributed by atoms with van der Waals surface area (Å²) < 4.78 is 5.17. The number of carbonyl (C=O) groups excluding carboxylic acids is 1. The first kappa shape index (κ1) is 13.6. The number of rotatable bonds is 5. The van der Waals surface area contributed by atoms with Gasteiger partial charge in [0.25, 0.3) is 5.91 Å². The van der Waals surface area contributed by atoms with Crippen molar-refractivity contribution in [2.24, 2.45) is 5.10 Å². The molecule has 0 heterocycles. The van der Waals surface area contributed by atoms with Crippen LogP contribution in [0.15, 0.2) is 59.7 Å². The molecule has 20 heavy (non-hydrogen) atoms. The standard InChI is InChI=1S/C15H14N2O3/c18-13-8-4-5-9-14(13)20-11-15(19)17-16-10-12-6-2-1-3-7-12/h1-10,18H,11H2,(H,17,19)/b16-10-. The number of ether oxygens (including phenoxy) is 1. The number of phenolic OH excluding ortho intramolecular Hbond substituents is 1. The van der Waals surface area contributed by atoms with Crippen molar-refractivity contribution in [1.82, 2.24) is 5.43 Å². The Morgan fingerprint density at radius 3 is 2.60 bits per heavy atom. The number of nitrogens with zero attached hydrogens (tertiary/aromatic N) is 1. The largest absolute Gasteiger partial charge is 0.504 e. The van der Waals surface area contributed by atoms with E-state index in [4.69, 9.17) is 4.74 Å². The highest BCUT2D eigenvalue weighted by Crippen LogP contribution is 2.23. The van der Waals surface area contributed by atoms with Crippen molar-refractivity contribution in [2.75, 3.05) is 6.61 Å². The maximum absolute atomic E-state index is 11.5. The monoisotopic (exact) mass is 270 g/mol. The number of para-hydroxylation sites is 2. The maximum atomic E-state index is 11.5. The van der Waals surface area contributed by atoms with Crippen molar-refractivity contribution in [3.63, 3.8) is 0 Å². The van der Waals surface area contributed by atoms with E-state index >= 15 is 0 Å². The van der Waals surface area contributed by atoms with E-state index in [-0.39, 0.29) is 18.1 Å². The van der Waals surface area contributed by atoms with Crippen LogP contribution in [0.2, 0.25) is 0 Å². The molecule has 0 aliphatic carbocycles. The van der Waals surface area contributed by atoms with Crippen LogP contribution in [0.5, 0.6) is 11.5 Å². The minimum Gasteiger partial charge on any atom is -0.504 e. The summed E-state index contributed by atoms with van der Waals surface area (Å²) in [5.41, 5.74) is 3.23. The number of phenols is 1. The van der Waals surface area contributed by atoms with Gasteiger partial charge in [-0.05, 0) is 17.7 Å². The van der Waals surface area contributed by atoms with Gasteiger partial charge in [0.05, 0.1) is 6.21 Å². The molecule has 0 bridgehead atoms. The molecule has 0 spiro atoms. The smallest absolute Gasteiger partial charge is 0.277 e. The molecule has 0 radical (unpaired) electrons. The second kappa shape index (κ2) is 6.94. The molecular formula is C15H14N2O3. The summed E-state index contributed by atoms with van der Waals surface area (Å²) >= 11 is 0.